The van der Waals surface area contributed by atoms with Gasteiger partial charge in [0.15, 0.2) is 0 Å². The van der Waals surface area contributed by atoms with Crippen LogP contribution in [0.3, 0.4) is 0 Å². The lowest BCUT2D eigenvalue weighted by Crippen LogP contribution is -2.39. The van der Waals surface area contributed by atoms with E-state index in [1.165, 1.54) is 0 Å². The minimum atomic E-state index is -0.750. The molecule has 1 amide bonds. The van der Waals surface area contributed by atoms with Crippen molar-refractivity contribution in [2.24, 2.45) is 5.73 Å². The number of hydrogen-bond acceptors (Lipinski definition) is 3. The molecule has 5 heteroatoms. The molecular weight excluding hydrogens is 256 g/mol. The number of aliphatic carboxylic acids is 1. The molecule has 0 spiro atoms. The predicted molar refractivity (Wildman–Crippen MR) is 76.8 cm³/mol. The average Bonchev–Trinajstić information content (AvgIpc) is 2.45. The first-order valence-corrected chi connectivity index (χ1v) is 6.96. The highest BCUT2D eigenvalue weighted by molar-refractivity contribution is 5.93. The van der Waals surface area contributed by atoms with Crippen molar-refractivity contribution in [3.05, 3.63) is 29.8 Å². The fraction of sp³-hybridized carbons (Fsp3) is 0.467. The minimum absolute atomic E-state index is 0.195. The smallest absolute Gasteiger partial charge is 0.303 e. The minimum Gasteiger partial charge on any atom is -0.481 e. The summed E-state index contributed by atoms with van der Waals surface area (Å²) >= 11 is 0. The summed E-state index contributed by atoms with van der Waals surface area (Å²) in [7, 11) is 0. The maximum absolute atomic E-state index is 11.1. The lowest BCUT2D eigenvalue weighted by atomic mass is 9.97. The first-order chi connectivity index (χ1) is 9.58. The maximum Gasteiger partial charge on any atom is 0.303 e. The molecule has 1 unspecified atom stereocenters. The van der Waals surface area contributed by atoms with Crippen molar-refractivity contribution in [1.29, 1.82) is 0 Å². The van der Waals surface area contributed by atoms with E-state index in [-0.39, 0.29) is 12.5 Å². The van der Waals surface area contributed by atoms with Crippen LogP contribution in [-0.2, 0) is 4.79 Å². The first-order valence-electron chi connectivity index (χ1n) is 6.96. The topological polar surface area (TPSA) is 83.6 Å². The zero-order valence-corrected chi connectivity index (χ0v) is 11.4. The van der Waals surface area contributed by atoms with Crippen LogP contribution >= 0.6 is 0 Å². The summed E-state index contributed by atoms with van der Waals surface area (Å²) in [6, 6.07) is 7.48. The maximum atomic E-state index is 11.1. The standard InChI is InChI=1S/C15H20N2O3/c16-15(20)11-4-6-13(7-5-11)17-10-2-1-3-12(17)8-9-14(18)19/h4-7,12H,1-3,8-10H2,(H2,16,20)(H,18,19). The highest BCUT2D eigenvalue weighted by Gasteiger charge is 2.23. The van der Waals surface area contributed by atoms with Crippen molar-refractivity contribution in [3.63, 3.8) is 0 Å². The molecule has 0 aromatic heterocycles. The van der Waals surface area contributed by atoms with Gasteiger partial charge in [0.1, 0.15) is 0 Å². The SMILES string of the molecule is NC(=O)c1ccc(N2CCCCC2CCC(=O)O)cc1. The Kier molecular flexibility index (Phi) is 4.61. The largest absolute Gasteiger partial charge is 0.481 e. The van der Waals surface area contributed by atoms with Crippen molar-refractivity contribution >= 4 is 17.6 Å². The van der Waals surface area contributed by atoms with Crippen LogP contribution in [-0.4, -0.2) is 29.6 Å². The van der Waals surface area contributed by atoms with Crippen LogP contribution in [0.5, 0.6) is 0 Å². The molecule has 0 saturated carbocycles. The fourth-order valence-electron chi connectivity index (χ4n) is 2.75. The highest BCUT2D eigenvalue weighted by atomic mass is 16.4. The van der Waals surface area contributed by atoms with Crippen molar-refractivity contribution < 1.29 is 14.7 Å². The molecule has 1 aromatic carbocycles. The Hall–Kier alpha value is -2.04. The van der Waals surface area contributed by atoms with Crippen LogP contribution in [0.15, 0.2) is 24.3 Å². The number of primary amides is 1. The lowest BCUT2D eigenvalue weighted by Gasteiger charge is -2.37. The molecular formula is C15H20N2O3. The van der Waals surface area contributed by atoms with E-state index < -0.39 is 11.9 Å². The molecule has 1 aromatic rings. The molecule has 1 fully saturated rings. The number of carbonyl (C=O) groups excluding carboxylic acids is 1. The van der Waals surface area contributed by atoms with Gasteiger partial charge in [0.2, 0.25) is 5.91 Å². The summed E-state index contributed by atoms with van der Waals surface area (Å²) in [5, 5.41) is 8.83. The Balaban J connectivity index is 2.10. The Labute approximate surface area is 118 Å². The zero-order valence-electron chi connectivity index (χ0n) is 11.4. The number of nitrogens with two attached hydrogens (primary N) is 1. The van der Waals surface area contributed by atoms with Crippen LogP contribution in [0.25, 0.3) is 0 Å². The van der Waals surface area contributed by atoms with E-state index in [1.807, 2.05) is 12.1 Å². The van der Waals surface area contributed by atoms with Gasteiger partial charge in [-0.2, -0.15) is 0 Å². The second-order valence-electron chi connectivity index (χ2n) is 5.19. The summed E-state index contributed by atoms with van der Waals surface area (Å²) < 4.78 is 0. The van der Waals surface area contributed by atoms with Crippen LogP contribution < -0.4 is 10.6 Å². The van der Waals surface area contributed by atoms with Gasteiger partial charge in [-0.25, -0.2) is 0 Å². The van der Waals surface area contributed by atoms with Crippen LogP contribution in [0.2, 0.25) is 0 Å². The number of nitrogens with zero attached hydrogens (tertiary/aromatic N) is 1. The number of rotatable bonds is 5. The number of carbonyl (C=O) groups is 2. The monoisotopic (exact) mass is 276 g/mol. The second-order valence-corrected chi connectivity index (χ2v) is 5.19. The molecule has 1 aliphatic heterocycles. The molecule has 1 atom stereocenters. The van der Waals surface area contributed by atoms with Gasteiger partial charge < -0.3 is 15.7 Å². The van der Waals surface area contributed by atoms with Crippen molar-refractivity contribution in [2.45, 2.75) is 38.1 Å². The summed E-state index contributed by atoms with van der Waals surface area (Å²) in [6.07, 6.45) is 4.12. The second kappa shape index (κ2) is 6.41. The Morgan fingerprint density at radius 3 is 2.55 bits per heavy atom. The van der Waals surface area contributed by atoms with Gasteiger partial charge in [0, 0.05) is 30.3 Å². The van der Waals surface area contributed by atoms with E-state index in [0.717, 1.165) is 31.5 Å². The lowest BCUT2D eigenvalue weighted by molar-refractivity contribution is -0.137. The van der Waals surface area contributed by atoms with E-state index >= 15 is 0 Å². The first kappa shape index (κ1) is 14.4. The van der Waals surface area contributed by atoms with Gasteiger partial charge in [0.25, 0.3) is 0 Å². The highest BCUT2D eigenvalue weighted by Crippen LogP contribution is 2.27. The molecule has 0 radical (unpaired) electrons. The van der Waals surface area contributed by atoms with Crippen molar-refractivity contribution in [3.8, 4) is 0 Å². The van der Waals surface area contributed by atoms with Gasteiger partial charge in [0.05, 0.1) is 0 Å². The number of anilines is 1. The van der Waals surface area contributed by atoms with Crippen LogP contribution in [0, 0.1) is 0 Å². The molecule has 5 nitrogen and oxygen atoms in total. The zero-order chi connectivity index (χ0) is 14.5. The number of benzene rings is 1. The molecule has 108 valence electrons. The molecule has 1 aliphatic rings. The number of carboxylic acid groups (broad SMARTS) is 1. The van der Waals surface area contributed by atoms with Gasteiger partial charge in [-0.3, -0.25) is 9.59 Å². The Morgan fingerprint density at radius 1 is 1.25 bits per heavy atom. The van der Waals surface area contributed by atoms with Crippen molar-refractivity contribution in [1.82, 2.24) is 0 Å². The number of carboxylic acids is 1. The summed E-state index contributed by atoms with van der Waals surface area (Å²) in [6.45, 7) is 0.931. The normalized spacial score (nSPS) is 18.8. The molecule has 3 N–H and O–H groups in total. The molecule has 1 heterocycles. The fourth-order valence-corrected chi connectivity index (χ4v) is 2.75. The van der Waals surface area contributed by atoms with Crippen LogP contribution in [0.4, 0.5) is 5.69 Å². The van der Waals surface area contributed by atoms with Gasteiger partial charge in [-0.1, -0.05) is 0 Å². The molecule has 20 heavy (non-hydrogen) atoms. The number of piperidine rings is 1. The molecule has 0 bridgehead atoms. The van der Waals surface area contributed by atoms with E-state index in [9.17, 15) is 9.59 Å². The number of amides is 1. The van der Waals surface area contributed by atoms with E-state index in [1.54, 1.807) is 12.1 Å². The number of hydrogen-bond donors (Lipinski definition) is 2. The predicted octanol–water partition coefficient (Wildman–Crippen LogP) is 2.01. The third kappa shape index (κ3) is 3.50. The third-order valence-corrected chi connectivity index (χ3v) is 3.80. The van der Waals surface area contributed by atoms with E-state index in [4.69, 9.17) is 10.8 Å². The Morgan fingerprint density at radius 2 is 1.95 bits per heavy atom. The quantitative estimate of drug-likeness (QED) is 0.861. The molecule has 1 saturated heterocycles. The van der Waals surface area contributed by atoms with E-state index in [2.05, 4.69) is 4.90 Å². The summed E-state index contributed by atoms with van der Waals surface area (Å²) in [4.78, 5) is 24.1. The van der Waals surface area contributed by atoms with E-state index in [0.29, 0.717) is 12.0 Å². The van der Waals surface area contributed by atoms with Gasteiger partial charge in [-0.15, -0.1) is 0 Å². The summed E-state index contributed by atoms with van der Waals surface area (Å²) in [5.74, 6) is -1.18. The van der Waals surface area contributed by atoms with Crippen LogP contribution in [0.1, 0.15) is 42.5 Å². The van der Waals surface area contributed by atoms with Gasteiger partial charge in [-0.05, 0) is 49.9 Å². The van der Waals surface area contributed by atoms with Gasteiger partial charge >= 0.3 is 5.97 Å². The molecule has 0 aliphatic carbocycles. The van der Waals surface area contributed by atoms with Crippen molar-refractivity contribution in [2.75, 3.05) is 11.4 Å². The summed E-state index contributed by atoms with van der Waals surface area (Å²) in [5.41, 5.74) is 6.76. The third-order valence-electron chi connectivity index (χ3n) is 3.80. The molecule has 2 rings (SSSR count). The average molecular weight is 276 g/mol. The Bertz CT molecular complexity index is 484.